The van der Waals surface area contributed by atoms with E-state index in [9.17, 15) is 0 Å². The third kappa shape index (κ3) is 1.55. The van der Waals surface area contributed by atoms with Crippen molar-refractivity contribution in [2.45, 2.75) is 25.9 Å². The van der Waals surface area contributed by atoms with Gasteiger partial charge < -0.3 is 4.74 Å². The van der Waals surface area contributed by atoms with Gasteiger partial charge in [0.1, 0.15) is 5.60 Å². The molecule has 1 unspecified atom stereocenters. The van der Waals surface area contributed by atoms with Gasteiger partial charge in [-0.25, -0.2) is 0 Å². The lowest BCUT2D eigenvalue weighted by Crippen LogP contribution is -2.22. The first kappa shape index (κ1) is 7.52. The van der Waals surface area contributed by atoms with E-state index in [1.807, 2.05) is 13.8 Å². The Morgan fingerprint density at radius 3 is 2.25 bits per heavy atom. The summed E-state index contributed by atoms with van der Waals surface area (Å²) in [6.07, 6.45) is 6.01. The molecule has 0 bridgehead atoms. The maximum Gasteiger partial charge on any atom is 0.124 e. The van der Waals surface area contributed by atoms with E-state index in [-0.39, 0.29) is 5.60 Å². The molecule has 0 aliphatic carbocycles. The molecular weight excluding hydrogens is 100 g/mol. The van der Waals surface area contributed by atoms with Crippen LogP contribution in [0.1, 0.15) is 20.3 Å². The standard InChI is InChI=1S/C7H12O/c1-5-7(3,6-2)8-4/h1H,6H2,2-4H3. The van der Waals surface area contributed by atoms with E-state index in [0.29, 0.717) is 0 Å². The number of ether oxygens (including phenoxy) is 1. The molecule has 0 aromatic rings. The van der Waals surface area contributed by atoms with Crippen molar-refractivity contribution in [1.82, 2.24) is 0 Å². The number of terminal acetylenes is 1. The number of hydrogen-bond donors (Lipinski definition) is 0. The zero-order chi connectivity index (χ0) is 6.62. The Morgan fingerprint density at radius 1 is 1.75 bits per heavy atom. The molecule has 0 heterocycles. The topological polar surface area (TPSA) is 9.23 Å². The Hall–Kier alpha value is -0.480. The second-order valence-electron chi connectivity index (χ2n) is 1.93. The molecule has 0 aromatic carbocycles. The summed E-state index contributed by atoms with van der Waals surface area (Å²) < 4.78 is 5.00. The highest BCUT2D eigenvalue weighted by molar-refractivity contribution is 5.04. The molecule has 0 fully saturated rings. The van der Waals surface area contributed by atoms with Gasteiger partial charge in [0, 0.05) is 7.11 Å². The molecular formula is C7H12O. The van der Waals surface area contributed by atoms with E-state index >= 15 is 0 Å². The second-order valence-corrected chi connectivity index (χ2v) is 1.93. The monoisotopic (exact) mass is 112 g/mol. The van der Waals surface area contributed by atoms with E-state index in [4.69, 9.17) is 11.2 Å². The quantitative estimate of drug-likeness (QED) is 0.491. The predicted molar refractivity (Wildman–Crippen MR) is 34.5 cm³/mol. The van der Waals surface area contributed by atoms with Gasteiger partial charge in [0.25, 0.3) is 0 Å². The molecule has 0 radical (unpaired) electrons. The first-order valence-electron chi connectivity index (χ1n) is 2.71. The van der Waals surface area contributed by atoms with E-state index in [2.05, 4.69) is 5.92 Å². The zero-order valence-corrected chi connectivity index (χ0v) is 5.69. The fourth-order valence-electron chi connectivity index (χ4n) is 0.305. The molecule has 1 atom stereocenters. The molecule has 1 heteroatoms. The minimum atomic E-state index is -0.347. The molecule has 1 nitrogen and oxygen atoms in total. The summed E-state index contributed by atoms with van der Waals surface area (Å²) >= 11 is 0. The second kappa shape index (κ2) is 2.74. The van der Waals surface area contributed by atoms with Crippen LogP contribution in [0.5, 0.6) is 0 Å². The molecule has 0 amide bonds. The molecule has 8 heavy (non-hydrogen) atoms. The van der Waals surface area contributed by atoms with Gasteiger partial charge in [0.05, 0.1) is 0 Å². The van der Waals surface area contributed by atoms with Crippen LogP contribution in [0.25, 0.3) is 0 Å². The summed E-state index contributed by atoms with van der Waals surface area (Å²) in [4.78, 5) is 0. The van der Waals surface area contributed by atoms with Crippen LogP contribution in [0, 0.1) is 12.3 Å². The van der Waals surface area contributed by atoms with Crippen molar-refractivity contribution >= 4 is 0 Å². The van der Waals surface area contributed by atoms with Gasteiger partial charge >= 0.3 is 0 Å². The summed E-state index contributed by atoms with van der Waals surface area (Å²) in [6.45, 7) is 3.90. The molecule has 0 rings (SSSR count). The lowest BCUT2D eigenvalue weighted by molar-refractivity contribution is 0.0544. The lowest BCUT2D eigenvalue weighted by Gasteiger charge is -2.18. The lowest BCUT2D eigenvalue weighted by atomic mass is 10.1. The van der Waals surface area contributed by atoms with Crippen LogP contribution in [0.15, 0.2) is 0 Å². The molecule has 0 aromatic heterocycles. The average molecular weight is 112 g/mol. The number of hydrogen-bond acceptors (Lipinski definition) is 1. The average Bonchev–Trinajstić information content (AvgIpc) is 1.87. The van der Waals surface area contributed by atoms with Crippen molar-refractivity contribution in [1.29, 1.82) is 0 Å². The van der Waals surface area contributed by atoms with Gasteiger partial charge in [-0.3, -0.25) is 0 Å². The Bertz CT molecular complexity index is 95.4. The van der Waals surface area contributed by atoms with Crippen LogP contribution in [-0.4, -0.2) is 12.7 Å². The first-order valence-corrected chi connectivity index (χ1v) is 2.71. The van der Waals surface area contributed by atoms with Crippen molar-refractivity contribution in [3.63, 3.8) is 0 Å². The molecule has 0 N–H and O–H groups in total. The van der Waals surface area contributed by atoms with Gasteiger partial charge in [-0.15, -0.1) is 6.42 Å². The highest BCUT2D eigenvalue weighted by atomic mass is 16.5. The third-order valence-corrected chi connectivity index (χ3v) is 1.43. The van der Waals surface area contributed by atoms with Crippen LogP contribution in [0.3, 0.4) is 0 Å². The maximum atomic E-state index is 5.15. The van der Waals surface area contributed by atoms with Crippen molar-refractivity contribution < 1.29 is 4.74 Å². The Kier molecular flexibility index (Phi) is 2.57. The SMILES string of the molecule is C#CC(C)(CC)OC. The van der Waals surface area contributed by atoms with E-state index < -0.39 is 0 Å². The van der Waals surface area contributed by atoms with Crippen LogP contribution < -0.4 is 0 Å². The first-order chi connectivity index (χ1) is 3.68. The van der Waals surface area contributed by atoms with Crippen molar-refractivity contribution in [2.75, 3.05) is 7.11 Å². The summed E-state index contributed by atoms with van der Waals surface area (Å²) in [5, 5.41) is 0. The van der Waals surface area contributed by atoms with Gasteiger partial charge in [-0.1, -0.05) is 12.8 Å². The largest absolute Gasteiger partial charge is 0.366 e. The van der Waals surface area contributed by atoms with Crippen LogP contribution in [0.2, 0.25) is 0 Å². The molecule has 0 aliphatic rings. The summed E-state index contributed by atoms with van der Waals surface area (Å²) in [5.41, 5.74) is -0.347. The fourth-order valence-corrected chi connectivity index (χ4v) is 0.305. The van der Waals surface area contributed by atoms with E-state index in [1.165, 1.54) is 0 Å². The Balaban J connectivity index is 3.83. The highest BCUT2D eigenvalue weighted by Gasteiger charge is 2.15. The van der Waals surface area contributed by atoms with Crippen molar-refractivity contribution in [3.8, 4) is 12.3 Å². The van der Waals surface area contributed by atoms with Gasteiger partial charge in [-0.2, -0.15) is 0 Å². The van der Waals surface area contributed by atoms with E-state index in [1.54, 1.807) is 7.11 Å². The van der Waals surface area contributed by atoms with Crippen LogP contribution >= 0.6 is 0 Å². The molecule has 0 saturated heterocycles. The molecule has 0 saturated carbocycles. The van der Waals surface area contributed by atoms with Crippen molar-refractivity contribution in [2.24, 2.45) is 0 Å². The summed E-state index contributed by atoms with van der Waals surface area (Å²) in [5.74, 6) is 2.56. The summed E-state index contributed by atoms with van der Waals surface area (Å²) in [7, 11) is 1.63. The summed E-state index contributed by atoms with van der Waals surface area (Å²) in [6, 6.07) is 0. The van der Waals surface area contributed by atoms with Crippen molar-refractivity contribution in [3.05, 3.63) is 0 Å². The predicted octanol–water partition coefficient (Wildman–Crippen LogP) is 1.43. The zero-order valence-electron chi connectivity index (χ0n) is 5.69. The van der Waals surface area contributed by atoms with Gasteiger partial charge in [0.15, 0.2) is 0 Å². The van der Waals surface area contributed by atoms with E-state index in [0.717, 1.165) is 6.42 Å². The van der Waals surface area contributed by atoms with Gasteiger partial charge in [-0.05, 0) is 13.3 Å². The minimum absolute atomic E-state index is 0.347. The smallest absolute Gasteiger partial charge is 0.124 e. The minimum Gasteiger partial charge on any atom is -0.366 e. The highest BCUT2D eigenvalue weighted by Crippen LogP contribution is 2.10. The Morgan fingerprint density at radius 2 is 2.25 bits per heavy atom. The Labute approximate surface area is 51.0 Å². The third-order valence-electron chi connectivity index (χ3n) is 1.43. The molecule has 46 valence electrons. The van der Waals surface area contributed by atoms with Gasteiger partial charge in [0.2, 0.25) is 0 Å². The fraction of sp³-hybridized carbons (Fsp3) is 0.714. The molecule has 0 aliphatic heterocycles. The maximum absolute atomic E-state index is 5.15. The number of rotatable bonds is 2. The number of methoxy groups -OCH3 is 1. The van der Waals surface area contributed by atoms with Crippen LogP contribution in [-0.2, 0) is 4.74 Å². The molecule has 0 spiro atoms. The van der Waals surface area contributed by atoms with Crippen LogP contribution in [0.4, 0.5) is 0 Å². The normalized spacial score (nSPS) is 16.8.